The Morgan fingerprint density at radius 1 is 1.03 bits per heavy atom. The van der Waals surface area contributed by atoms with Gasteiger partial charge in [-0.05, 0) is 44.7 Å². The molecule has 2 saturated heterocycles. The molecule has 8 heteroatoms. The van der Waals surface area contributed by atoms with E-state index in [9.17, 15) is 19.5 Å². The molecule has 2 fully saturated rings. The van der Waals surface area contributed by atoms with Crippen molar-refractivity contribution in [1.82, 2.24) is 9.80 Å². The number of thioether (sulfide) groups is 1. The summed E-state index contributed by atoms with van der Waals surface area (Å²) in [6.07, 6.45) is 12.3. The van der Waals surface area contributed by atoms with Crippen molar-refractivity contribution in [2.24, 2.45) is 11.8 Å². The number of aliphatic hydroxyl groups is 1. The van der Waals surface area contributed by atoms with Gasteiger partial charge in [-0.25, -0.2) is 0 Å². The molecule has 3 amide bonds. The van der Waals surface area contributed by atoms with Crippen LogP contribution in [0, 0.1) is 11.8 Å². The topological polar surface area (TPSA) is 81.2 Å². The number of hydrogen-bond acceptors (Lipinski definition) is 5. The zero-order valence-electron chi connectivity index (χ0n) is 22.4. The molecule has 0 saturated carbocycles. The predicted molar refractivity (Wildman–Crippen MR) is 151 cm³/mol. The van der Waals surface area contributed by atoms with Gasteiger partial charge in [-0.1, -0.05) is 55.8 Å². The van der Waals surface area contributed by atoms with Crippen LogP contribution in [0.5, 0.6) is 0 Å². The predicted octanol–water partition coefficient (Wildman–Crippen LogP) is 3.64. The Morgan fingerprint density at radius 2 is 1.82 bits per heavy atom. The Balaban J connectivity index is 1.54. The molecule has 1 aromatic carbocycles. The Morgan fingerprint density at radius 3 is 2.55 bits per heavy atom. The number of benzene rings is 1. The fourth-order valence-corrected chi connectivity index (χ4v) is 8.78. The highest BCUT2D eigenvalue weighted by atomic mass is 32.2. The van der Waals surface area contributed by atoms with Gasteiger partial charge in [0.25, 0.3) is 0 Å². The van der Waals surface area contributed by atoms with Crippen LogP contribution in [-0.2, 0) is 14.4 Å². The van der Waals surface area contributed by atoms with Crippen molar-refractivity contribution < 1.29 is 19.5 Å². The van der Waals surface area contributed by atoms with Crippen LogP contribution in [0.1, 0.15) is 46.0 Å². The molecule has 2 unspecified atom stereocenters. The van der Waals surface area contributed by atoms with E-state index in [0.29, 0.717) is 26.1 Å². The maximum absolute atomic E-state index is 14.3. The number of amides is 3. The fraction of sp³-hybridized carbons (Fsp3) is 0.567. The monoisotopic (exact) mass is 537 g/mol. The molecule has 1 aromatic rings. The molecule has 4 aliphatic heterocycles. The zero-order valence-corrected chi connectivity index (χ0v) is 23.2. The van der Waals surface area contributed by atoms with Gasteiger partial charge in [-0.15, -0.1) is 11.8 Å². The van der Waals surface area contributed by atoms with Crippen molar-refractivity contribution >= 4 is 35.2 Å². The quantitative estimate of drug-likeness (QED) is 0.384. The number of nitrogens with zero attached hydrogens (tertiary/aromatic N) is 3. The van der Waals surface area contributed by atoms with Crippen LogP contribution < -0.4 is 4.90 Å². The number of aliphatic hydroxyl groups excluding tert-OH is 1. The van der Waals surface area contributed by atoms with Gasteiger partial charge in [-0.3, -0.25) is 14.4 Å². The minimum atomic E-state index is -0.777. The molecule has 6 atom stereocenters. The molecule has 4 heterocycles. The van der Waals surface area contributed by atoms with Crippen LogP contribution in [0.2, 0.25) is 0 Å². The van der Waals surface area contributed by atoms with E-state index >= 15 is 0 Å². The van der Waals surface area contributed by atoms with E-state index in [2.05, 4.69) is 32.1 Å². The second kappa shape index (κ2) is 11.3. The molecule has 0 aromatic heterocycles. The number of para-hydroxylation sites is 1. The summed E-state index contributed by atoms with van der Waals surface area (Å²) in [4.78, 5) is 48.2. The number of carbonyl (C=O) groups is 3. The van der Waals surface area contributed by atoms with Crippen LogP contribution in [0.25, 0.3) is 0 Å². The molecule has 0 radical (unpaired) electrons. The maximum atomic E-state index is 14.3. The van der Waals surface area contributed by atoms with Gasteiger partial charge in [0.1, 0.15) is 6.04 Å². The van der Waals surface area contributed by atoms with E-state index in [1.54, 1.807) is 21.6 Å². The number of anilines is 1. The van der Waals surface area contributed by atoms with Gasteiger partial charge < -0.3 is 19.8 Å². The molecule has 0 aliphatic carbocycles. The minimum Gasteiger partial charge on any atom is -0.396 e. The third-order valence-corrected chi connectivity index (χ3v) is 10.3. The molecule has 1 spiro atoms. The summed E-state index contributed by atoms with van der Waals surface area (Å²) < 4.78 is -0.777. The SMILES string of the molecule is CCCC(C)N1CC=C[C@]23S[C@H]4C=CCN(c5ccccc5)C(=O)[C@H]4[C@H]2C(=O)N(CCCCCO)C3C1=O. The lowest BCUT2D eigenvalue weighted by Crippen LogP contribution is -2.55. The highest BCUT2D eigenvalue weighted by Crippen LogP contribution is 2.61. The summed E-state index contributed by atoms with van der Waals surface area (Å²) in [5, 5.41) is 9.09. The minimum absolute atomic E-state index is 0.00531. The summed E-state index contributed by atoms with van der Waals surface area (Å²) in [5.41, 5.74) is 0.823. The van der Waals surface area contributed by atoms with Crippen LogP contribution in [0.4, 0.5) is 5.69 Å². The second-order valence-corrected chi connectivity index (χ2v) is 12.4. The average Bonchev–Trinajstić information content (AvgIpc) is 3.22. The molecule has 38 heavy (non-hydrogen) atoms. The molecular formula is C30H39N3O4S. The van der Waals surface area contributed by atoms with Crippen molar-refractivity contribution in [3.8, 4) is 0 Å². The van der Waals surface area contributed by atoms with Crippen LogP contribution in [0.15, 0.2) is 54.6 Å². The average molecular weight is 538 g/mol. The van der Waals surface area contributed by atoms with Crippen molar-refractivity contribution in [3.05, 3.63) is 54.6 Å². The molecule has 0 bridgehead atoms. The van der Waals surface area contributed by atoms with Gasteiger partial charge in [0.15, 0.2) is 0 Å². The van der Waals surface area contributed by atoms with Gasteiger partial charge in [0, 0.05) is 43.2 Å². The Labute approximate surface area is 229 Å². The van der Waals surface area contributed by atoms with Crippen molar-refractivity contribution in [2.45, 2.75) is 68.0 Å². The van der Waals surface area contributed by atoms with Crippen molar-refractivity contribution in [2.75, 3.05) is 31.1 Å². The Kier molecular flexibility index (Phi) is 8.00. The number of fused-ring (bicyclic) bond motifs is 2. The number of rotatable bonds is 9. The van der Waals surface area contributed by atoms with E-state index in [1.165, 1.54) is 0 Å². The number of unbranched alkanes of at least 4 members (excludes halogenated alkanes) is 2. The second-order valence-electron chi connectivity index (χ2n) is 10.9. The molecule has 204 valence electrons. The summed E-state index contributed by atoms with van der Waals surface area (Å²) in [6.45, 7) is 5.77. The highest BCUT2D eigenvalue weighted by molar-refractivity contribution is 8.02. The van der Waals surface area contributed by atoms with Crippen LogP contribution >= 0.6 is 11.8 Å². The van der Waals surface area contributed by atoms with Gasteiger partial charge >= 0.3 is 0 Å². The van der Waals surface area contributed by atoms with Crippen LogP contribution in [0.3, 0.4) is 0 Å². The zero-order chi connectivity index (χ0) is 26.9. The van der Waals surface area contributed by atoms with Gasteiger partial charge in [0.2, 0.25) is 17.7 Å². The Hall–Kier alpha value is -2.58. The molecular weight excluding hydrogens is 498 g/mol. The Bertz CT molecular complexity index is 1110. The van der Waals surface area contributed by atoms with E-state index < -0.39 is 22.6 Å². The lowest BCUT2D eigenvalue weighted by Gasteiger charge is -2.37. The lowest BCUT2D eigenvalue weighted by atomic mass is 9.78. The van der Waals surface area contributed by atoms with E-state index in [-0.39, 0.29) is 35.6 Å². The molecule has 4 aliphatic rings. The molecule has 5 rings (SSSR count). The van der Waals surface area contributed by atoms with E-state index in [4.69, 9.17) is 0 Å². The van der Waals surface area contributed by atoms with Crippen molar-refractivity contribution in [3.63, 3.8) is 0 Å². The van der Waals surface area contributed by atoms with Crippen molar-refractivity contribution in [1.29, 1.82) is 0 Å². The van der Waals surface area contributed by atoms with E-state index in [0.717, 1.165) is 31.4 Å². The number of hydrogen-bond donors (Lipinski definition) is 1. The number of carbonyl (C=O) groups excluding carboxylic acids is 3. The highest BCUT2D eigenvalue weighted by Gasteiger charge is 2.71. The first-order valence-electron chi connectivity index (χ1n) is 14.0. The first kappa shape index (κ1) is 27.0. The van der Waals surface area contributed by atoms with E-state index in [1.807, 2.05) is 41.3 Å². The van der Waals surface area contributed by atoms with Crippen LogP contribution in [-0.4, -0.2) is 80.9 Å². The molecule has 7 nitrogen and oxygen atoms in total. The third-order valence-electron chi connectivity index (χ3n) is 8.55. The normalized spacial score (nSPS) is 31.2. The number of likely N-dealkylation sites (tertiary alicyclic amines) is 1. The van der Waals surface area contributed by atoms with Gasteiger partial charge in [-0.2, -0.15) is 0 Å². The summed E-state index contributed by atoms with van der Waals surface area (Å²) in [5.74, 6) is -1.26. The van der Waals surface area contributed by atoms with Gasteiger partial charge in [0.05, 0.1) is 16.6 Å². The summed E-state index contributed by atoms with van der Waals surface area (Å²) in [7, 11) is 0. The third kappa shape index (κ3) is 4.49. The standard InChI is InChI=1S/C30H39N3O4S/c1-3-12-21(2)31-19-11-16-30-25(28(36)33(26(30)29(31)37)17-8-5-9-20-34)24-23(38-30)15-10-18-32(27(24)35)22-13-6-4-7-14-22/h4,6-7,10-11,13-16,21,23-26,34H,3,5,8-9,12,17-20H2,1-2H3/t21?,23-,24+,25-,26?,30-/m0/s1. The lowest BCUT2D eigenvalue weighted by molar-refractivity contribution is -0.143. The first-order chi connectivity index (χ1) is 18.4. The fourth-order valence-electron chi connectivity index (χ4n) is 6.77. The molecule has 1 N–H and O–H groups in total. The summed E-state index contributed by atoms with van der Waals surface area (Å²) >= 11 is 1.64. The smallest absolute Gasteiger partial charge is 0.247 e. The first-order valence-corrected chi connectivity index (χ1v) is 14.9. The summed E-state index contributed by atoms with van der Waals surface area (Å²) in [6, 6.07) is 9.07. The maximum Gasteiger partial charge on any atom is 0.247 e. The largest absolute Gasteiger partial charge is 0.396 e.